The summed E-state index contributed by atoms with van der Waals surface area (Å²) in [6.45, 7) is 0. The van der Waals surface area contributed by atoms with E-state index in [9.17, 15) is 28.9 Å². The summed E-state index contributed by atoms with van der Waals surface area (Å²) in [6.07, 6.45) is -0.121. The molecule has 0 spiro atoms. The zero-order valence-corrected chi connectivity index (χ0v) is 19.8. The zero-order valence-electron chi connectivity index (χ0n) is 19.8. The SMILES string of the molecule is O=C1[C@H](CC[C@H](O)c2ccc(F)cc2)[C@@H](c2ccc(-c3ccc(O)cc3O)cc2)N1c1ccc(F)cc1. The van der Waals surface area contributed by atoms with Gasteiger partial charge in [-0.2, -0.15) is 0 Å². The number of rotatable bonds is 7. The summed E-state index contributed by atoms with van der Waals surface area (Å²) in [5.41, 5.74) is 3.31. The van der Waals surface area contributed by atoms with E-state index >= 15 is 0 Å². The maximum Gasteiger partial charge on any atom is 0.233 e. The van der Waals surface area contributed by atoms with Crippen LogP contribution >= 0.6 is 0 Å². The Hall–Kier alpha value is -4.23. The fourth-order valence-electron chi connectivity index (χ4n) is 4.91. The van der Waals surface area contributed by atoms with Gasteiger partial charge in [0.2, 0.25) is 5.91 Å². The molecule has 1 heterocycles. The molecule has 0 unspecified atom stereocenters. The van der Waals surface area contributed by atoms with Gasteiger partial charge in [0.15, 0.2) is 0 Å². The van der Waals surface area contributed by atoms with Crippen LogP contribution in [0.25, 0.3) is 11.1 Å². The number of aliphatic hydroxyl groups excluding tert-OH is 1. The van der Waals surface area contributed by atoms with Gasteiger partial charge in [0.25, 0.3) is 0 Å². The molecular formula is C30H25F2NO4. The molecule has 3 atom stereocenters. The van der Waals surface area contributed by atoms with Crippen LogP contribution in [0.3, 0.4) is 0 Å². The number of carbonyl (C=O) groups is 1. The number of benzene rings is 4. The van der Waals surface area contributed by atoms with Gasteiger partial charge in [0.1, 0.15) is 23.1 Å². The van der Waals surface area contributed by atoms with Crippen LogP contribution < -0.4 is 4.90 Å². The van der Waals surface area contributed by atoms with Gasteiger partial charge in [0, 0.05) is 17.3 Å². The lowest BCUT2D eigenvalue weighted by molar-refractivity contribution is -0.131. The van der Waals surface area contributed by atoms with Crippen LogP contribution in [0, 0.1) is 17.6 Å². The maximum absolute atomic E-state index is 13.5. The summed E-state index contributed by atoms with van der Waals surface area (Å²) < 4.78 is 26.8. The number of β-lactam (4-membered cyclic amide) rings is 1. The number of aliphatic hydroxyl groups is 1. The van der Waals surface area contributed by atoms with E-state index in [-0.39, 0.29) is 29.3 Å². The summed E-state index contributed by atoms with van der Waals surface area (Å²) in [4.78, 5) is 14.9. The van der Waals surface area contributed by atoms with Crippen LogP contribution in [0.1, 0.15) is 36.1 Å². The predicted molar refractivity (Wildman–Crippen MR) is 136 cm³/mol. The molecule has 188 valence electrons. The van der Waals surface area contributed by atoms with E-state index < -0.39 is 17.8 Å². The first-order chi connectivity index (χ1) is 17.8. The Morgan fingerprint density at radius 2 is 1.43 bits per heavy atom. The number of anilines is 1. The molecular weight excluding hydrogens is 476 g/mol. The monoisotopic (exact) mass is 501 g/mol. The van der Waals surface area contributed by atoms with Gasteiger partial charge in [-0.05, 0) is 78.1 Å². The molecule has 5 nitrogen and oxygen atoms in total. The average Bonchev–Trinajstić information content (AvgIpc) is 2.89. The minimum Gasteiger partial charge on any atom is -0.508 e. The first kappa shape index (κ1) is 24.5. The molecule has 1 saturated heterocycles. The number of phenols is 2. The Bertz CT molecular complexity index is 1410. The topological polar surface area (TPSA) is 81.0 Å². The summed E-state index contributed by atoms with van der Waals surface area (Å²) in [7, 11) is 0. The lowest BCUT2D eigenvalue weighted by Crippen LogP contribution is -2.55. The number of phenolic OH excluding ortho intramolecular Hbond substituents is 2. The Morgan fingerprint density at radius 3 is 2.05 bits per heavy atom. The first-order valence-corrected chi connectivity index (χ1v) is 12.0. The van der Waals surface area contributed by atoms with E-state index in [4.69, 9.17) is 0 Å². The highest BCUT2D eigenvalue weighted by molar-refractivity contribution is 6.03. The van der Waals surface area contributed by atoms with Crippen LogP contribution in [0.4, 0.5) is 14.5 Å². The van der Waals surface area contributed by atoms with Crippen molar-refractivity contribution in [2.45, 2.75) is 25.0 Å². The molecule has 0 aliphatic carbocycles. The van der Waals surface area contributed by atoms with Gasteiger partial charge < -0.3 is 20.2 Å². The molecule has 1 amide bonds. The lowest BCUT2D eigenvalue weighted by atomic mass is 9.78. The zero-order chi connectivity index (χ0) is 26.1. The van der Waals surface area contributed by atoms with E-state index in [2.05, 4.69) is 0 Å². The third kappa shape index (κ3) is 4.90. The van der Waals surface area contributed by atoms with Crippen molar-refractivity contribution in [2.75, 3.05) is 4.90 Å². The third-order valence-corrected chi connectivity index (χ3v) is 6.87. The first-order valence-electron chi connectivity index (χ1n) is 12.0. The van der Waals surface area contributed by atoms with Gasteiger partial charge in [-0.1, -0.05) is 36.4 Å². The van der Waals surface area contributed by atoms with Gasteiger partial charge in [0.05, 0.1) is 18.1 Å². The van der Waals surface area contributed by atoms with Crippen molar-refractivity contribution in [3.8, 4) is 22.6 Å². The standard InChI is InChI=1S/C30H25F2NO4/c31-21-7-5-19(6-8-21)27(35)16-15-26-29(33(30(26)37)23-11-9-22(32)10-12-23)20-3-1-18(2-4-20)25-14-13-24(34)17-28(25)36/h1-14,17,26-27,29,34-36H,15-16H2/t26-,27+,29-/m1/s1. The Morgan fingerprint density at radius 1 is 0.811 bits per heavy atom. The molecule has 5 rings (SSSR count). The summed E-state index contributed by atoms with van der Waals surface area (Å²) in [5, 5.41) is 30.4. The molecule has 3 N–H and O–H groups in total. The van der Waals surface area contributed by atoms with E-state index in [1.54, 1.807) is 23.1 Å². The molecule has 0 radical (unpaired) electrons. The number of amides is 1. The summed E-state index contributed by atoms with van der Waals surface area (Å²) in [6, 6.07) is 22.8. The fraction of sp³-hybridized carbons (Fsp3) is 0.167. The number of carbonyl (C=O) groups excluding carboxylic acids is 1. The van der Waals surface area contributed by atoms with Crippen molar-refractivity contribution in [1.29, 1.82) is 0 Å². The van der Waals surface area contributed by atoms with Gasteiger partial charge >= 0.3 is 0 Å². The van der Waals surface area contributed by atoms with Crippen molar-refractivity contribution in [1.82, 2.24) is 0 Å². The van der Waals surface area contributed by atoms with Gasteiger partial charge in [-0.25, -0.2) is 8.78 Å². The van der Waals surface area contributed by atoms with Crippen molar-refractivity contribution in [2.24, 2.45) is 5.92 Å². The normalized spacial score (nSPS) is 17.9. The minimum absolute atomic E-state index is 0.0357. The van der Waals surface area contributed by atoms with Crippen LogP contribution in [-0.4, -0.2) is 21.2 Å². The van der Waals surface area contributed by atoms with Gasteiger partial charge in [-0.3, -0.25) is 4.79 Å². The number of halogens is 2. The smallest absolute Gasteiger partial charge is 0.233 e. The van der Waals surface area contributed by atoms with E-state index in [0.29, 0.717) is 29.7 Å². The van der Waals surface area contributed by atoms with Crippen molar-refractivity contribution >= 4 is 11.6 Å². The molecule has 4 aromatic carbocycles. The van der Waals surface area contributed by atoms with Crippen LogP contribution in [0.2, 0.25) is 0 Å². The largest absolute Gasteiger partial charge is 0.508 e. The quantitative estimate of drug-likeness (QED) is 0.261. The molecule has 0 aromatic heterocycles. The molecule has 7 heteroatoms. The van der Waals surface area contributed by atoms with Crippen molar-refractivity contribution < 1.29 is 28.9 Å². The number of aromatic hydroxyl groups is 2. The average molecular weight is 502 g/mol. The van der Waals surface area contributed by atoms with Crippen LogP contribution in [-0.2, 0) is 4.79 Å². The highest BCUT2D eigenvalue weighted by Gasteiger charge is 2.48. The van der Waals surface area contributed by atoms with Crippen LogP contribution in [0.5, 0.6) is 11.5 Å². The fourth-order valence-corrected chi connectivity index (χ4v) is 4.91. The second kappa shape index (κ2) is 10.0. The Balaban J connectivity index is 1.41. The van der Waals surface area contributed by atoms with Gasteiger partial charge in [-0.15, -0.1) is 0 Å². The molecule has 0 saturated carbocycles. The molecule has 0 bridgehead atoms. The molecule has 4 aromatic rings. The summed E-state index contributed by atoms with van der Waals surface area (Å²) in [5.74, 6) is -1.40. The Kier molecular flexibility index (Phi) is 6.63. The maximum atomic E-state index is 13.5. The summed E-state index contributed by atoms with van der Waals surface area (Å²) >= 11 is 0. The second-order valence-electron chi connectivity index (χ2n) is 9.20. The van der Waals surface area contributed by atoms with E-state index in [1.165, 1.54) is 48.5 Å². The van der Waals surface area contributed by atoms with E-state index in [0.717, 1.165) is 11.1 Å². The Labute approximate surface area is 212 Å². The third-order valence-electron chi connectivity index (χ3n) is 6.87. The molecule has 1 fully saturated rings. The number of nitrogens with zero attached hydrogens (tertiary/aromatic N) is 1. The number of hydrogen-bond donors (Lipinski definition) is 3. The number of hydrogen-bond acceptors (Lipinski definition) is 4. The van der Waals surface area contributed by atoms with Crippen LogP contribution in [0.15, 0.2) is 91.0 Å². The molecule has 1 aliphatic rings. The lowest BCUT2D eigenvalue weighted by Gasteiger charge is -2.48. The highest BCUT2D eigenvalue weighted by Crippen LogP contribution is 2.47. The van der Waals surface area contributed by atoms with Crippen molar-refractivity contribution in [3.63, 3.8) is 0 Å². The van der Waals surface area contributed by atoms with E-state index in [1.807, 2.05) is 24.3 Å². The minimum atomic E-state index is -0.839. The molecule has 1 aliphatic heterocycles. The predicted octanol–water partition coefficient (Wildman–Crippen LogP) is 6.26. The molecule has 37 heavy (non-hydrogen) atoms. The highest BCUT2D eigenvalue weighted by atomic mass is 19.1. The second-order valence-corrected chi connectivity index (χ2v) is 9.20. The van der Waals surface area contributed by atoms with Crippen molar-refractivity contribution in [3.05, 3.63) is 114 Å².